The molecule has 0 amide bonds. The average Bonchev–Trinajstić information content (AvgIpc) is 2.39. The van der Waals surface area contributed by atoms with Gasteiger partial charge in [-0.15, -0.1) is 0 Å². The van der Waals surface area contributed by atoms with Crippen molar-refractivity contribution in [1.29, 1.82) is 0 Å². The Kier molecular flexibility index (Phi) is 5.60. The van der Waals surface area contributed by atoms with Crippen molar-refractivity contribution < 1.29 is 24.2 Å². The van der Waals surface area contributed by atoms with Gasteiger partial charge >= 0.3 is 11.9 Å². The van der Waals surface area contributed by atoms with Crippen LogP contribution in [0.4, 0.5) is 0 Å². The number of ether oxygens (including phenoxy) is 2. The predicted molar refractivity (Wildman–Crippen MR) is 70.2 cm³/mol. The molecule has 19 heavy (non-hydrogen) atoms. The SMILES string of the molecule is CCOC(=O)CC=Cc1ccc(OC)cc1C(=O)O. The van der Waals surface area contributed by atoms with Gasteiger partial charge in [0.05, 0.1) is 25.7 Å². The summed E-state index contributed by atoms with van der Waals surface area (Å²) in [6, 6.07) is 4.73. The summed E-state index contributed by atoms with van der Waals surface area (Å²) in [5, 5.41) is 9.10. The number of carboxylic acid groups (broad SMARTS) is 1. The van der Waals surface area contributed by atoms with Crippen molar-refractivity contribution in [2.24, 2.45) is 0 Å². The summed E-state index contributed by atoms with van der Waals surface area (Å²) in [6.45, 7) is 2.06. The highest BCUT2D eigenvalue weighted by molar-refractivity contribution is 5.92. The van der Waals surface area contributed by atoms with Crippen LogP contribution in [0.2, 0.25) is 0 Å². The van der Waals surface area contributed by atoms with E-state index >= 15 is 0 Å². The molecule has 0 atom stereocenters. The van der Waals surface area contributed by atoms with E-state index in [1.807, 2.05) is 0 Å². The van der Waals surface area contributed by atoms with Crippen LogP contribution in [0.15, 0.2) is 24.3 Å². The maximum absolute atomic E-state index is 11.1. The number of carbonyl (C=O) groups excluding carboxylic acids is 1. The molecule has 0 radical (unpaired) electrons. The first-order valence-corrected chi connectivity index (χ1v) is 5.82. The maximum Gasteiger partial charge on any atom is 0.336 e. The van der Waals surface area contributed by atoms with Crippen molar-refractivity contribution in [2.75, 3.05) is 13.7 Å². The molecule has 0 aliphatic heterocycles. The molecule has 1 rings (SSSR count). The second kappa shape index (κ2) is 7.20. The molecule has 0 heterocycles. The van der Waals surface area contributed by atoms with Crippen LogP contribution >= 0.6 is 0 Å². The first-order chi connectivity index (χ1) is 9.08. The molecule has 5 nitrogen and oxygen atoms in total. The van der Waals surface area contributed by atoms with Gasteiger partial charge in [-0.1, -0.05) is 18.2 Å². The predicted octanol–water partition coefficient (Wildman–Crippen LogP) is 2.36. The zero-order valence-corrected chi connectivity index (χ0v) is 10.9. The van der Waals surface area contributed by atoms with Gasteiger partial charge in [-0.25, -0.2) is 4.79 Å². The van der Waals surface area contributed by atoms with Crippen molar-refractivity contribution in [3.63, 3.8) is 0 Å². The number of carbonyl (C=O) groups is 2. The molecule has 0 saturated heterocycles. The van der Waals surface area contributed by atoms with Crippen molar-refractivity contribution in [3.8, 4) is 5.75 Å². The molecular weight excluding hydrogens is 248 g/mol. The van der Waals surface area contributed by atoms with Gasteiger partial charge < -0.3 is 14.6 Å². The van der Waals surface area contributed by atoms with Gasteiger partial charge in [-0.2, -0.15) is 0 Å². The molecule has 1 aromatic carbocycles. The molecule has 0 aliphatic carbocycles. The van der Waals surface area contributed by atoms with Crippen molar-refractivity contribution >= 4 is 18.0 Å². The van der Waals surface area contributed by atoms with Gasteiger partial charge in [0.15, 0.2) is 0 Å². The van der Waals surface area contributed by atoms with Crippen LogP contribution in [0.5, 0.6) is 5.75 Å². The Morgan fingerprint density at radius 3 is 2.68 bits per heavy atom. The van der Waals surface area contributed by atoms with E-state index < -0.39 is 5.97 Å². The Morgan fingerprint density at radius 2 is 2.11 bits per heavy atom. The molecule has 0 aromatic heterocycles. The number of benzene rings is 1. The molecule has 0 unspecified atom stereocenters. The summed E-state index contributed by atoms with van der Waals surface area (Å²) >= 11 is 0. The van der Waals surface area contributed by atoms with Crippen LogP contribution in [-0.4, -0.2) is 30.8 Å². The second-order valence-electron chi connectivity index (χ2n) is 3.67. The van der Waals surface area contributed by atoms with Gasteiger partial charge in [0.1, 0.15) is 5.75 Å². The lowest BCUT2D eigenvalue weighted by atomic mass is 10.1. The molecule has 102 valence electrons. The summed E-state index contributed by atoms with van der Waals surface area (Å²) in [7, 11) is 1.47. The lowest BCUT2D eigenvalue weighted by molar-refractivity contribution is -0.142. The number of hydrogen-bond donors (Lipinski definition) is 1. The Morgan fingerprint density at radius 1 is 1.37 bits per heavy atom. The normalized spacial score (nSPS) is 10.4. The molecule has 1 aromatic rings. The lowest BCUT2D eigenvalue weighted by Gasteiger charge is -2.04. The molecule has 0 fully saturated rings. The molecular formula is C14H16O5. The first kappa shape index (κ1) is 14.8. The van der Waals surface area contributed by atoms with E-state index in [4.69, 9.17) is 14.6 Å². The number of rotatable bonds is 6. The highest BCUT2D eigenvalue weighted by atomic mass is 16.5. The third-order valence-corrected chi connectivity index (χ3v) is 2.38. The summed E-state index contributed by atoms with van der Waals surface area (Å²) in [4.78, 5) is 22.3. The topological polar surface area (TPSA) is 72.8 Å². The van der Waals surface area contributed by atoms with Gasteiger partial charge in [0.25, 0.3) is 0 Å². The highest BCUT2D eigenvalue weighted by Crippen LogP contribution is 2.19. The number of carboxylic acids is 1. The first-order valence-electron chi connectivity index (χ1n) is 5.82. The standard InChI is InChI=1S/C14H16O5/c1-3-19-13(15)6-4-5-10-7-8-11(18-2)9-12(10)14(16)17/h4-5,7-9H,3,6H2,1-2H3,(H,16,17). The van der Waals surface area contributed by atoms with Crippen molar-refractivity contribution in [2.45, 2.75) is 13.3 Å². The minimum absolute atomic E-state index is 0.110. The third kappa shape index (κ3) is 4.46. The van der Waals surface area contributed by atoms with Crippen LogP contribution < -0.4 is 4.74 Å². The molecule has 0 aliphatic rings. The second-order valence-corrected chi connectivity index (χ2v) is 3.67. The minimum atomic E-state index is -1.05. The largest absolute Gasteiger partial charge is 0.497 e. The van der Waals surface area contributed by atoms with E-state index in [9.17, 15) is 9.59 Å². The summed E-state index contributed by atoms with van der Waals surface area (Å²) < 4.78 is 9.74. The fraction of sp³-hybridized carbons (Fsp3) is 0.286. The van der Waals surface area contributed by atoms with Crippen LogP contribution in [0.3, 0.4) is 0 Å². The smallest absolute Gasteiger partial charge is 0.336 e. The third-order valence-electron chi connectivity index (χ3n) is 2.38. The number of hydrogen-bond acceptors (Lipinski definition) is 4. The van der Waals surface area contributed by atoms with Gasteiger partial charge in [-0.3, -0.25) is 4.79 Å². The Labute approximate surface area is 111 Å². The van der Waals surface area contributed by atoms with E-state index in [-0.39, 0.29) is 18.0 Å². The lowest BCUT2D eigenvalue weighted by Crippen LogP contribution is -2.02. The minimum Gasteiger partial charge on any atom is -0.497 e. The number of methoxy groups -OCH3 is 1. The van der Waals surface area contributed by atoms with Crippen LogP contribution in [0.1, 0.15) is 29.3 Å². The average molecular weight is 264 g/mol. The van der Waals surface area contributed by atoms with Crippen molar-refractivity contribution in [1.82, 2.24) is 0 Å². The molecule has 0 spiro atoms. The zero-order valence-electron chi connectivity index (χ0n) is 10.9. The van der Waals surface area contributed by atoms with Crippen LogP contribution in [0, 0.1) is 0 Å². The quantitative estimate of drug-likeness (QED) is 0.798. The molecule has 1 N–H and O–H groups in total. The maximum atomic E-state index is 11.1. The summed E-state index contributed by atoms with van der Waals surface area (Å²) in [6.07, 6.45) is 3.27. The van der Waals surface area contributed by atoms with E-state index in [1.165, 1.54) is 13.2 Å². The Balaban J connectivity index is 2.85. The monoisotopic (exact) mass is 264 g/mol. The van der Waals surface area contributed by atoms with Gasteiger partial charge in [-0.05, 0) is 24.6 Å². The fourth-order valence-corrected chi connectivity index (χ4v) is 1.49. The van der Waals surface area contributed by atoms with E-state index in [1.54, 1.807) is 31.2 Å². The van der Waals surface area contributed by atoms with Crippen LogP contribution in [-0.2, 0) is 9.53 Å². The van der Waals surface area contributed by atoms with Gasteiger partial charge in [0, 0.05) is 0 Å². The van der Waals surface area contributed by atoms with E-state index in [0.717, 1.165) is 0 Å². The van der Waals surface area contributed by atoms with Crippen molar-refractivity contribution in [3.05, 3.63) is 35.4 Å². The highest BCUT2D eigenvalue weighted by Gasteiger charge is 2.09. The molecule has 0 bridgehead atoms. The molecule has 5 heteroatoms. The Bertz CT molecular complexity index is 491. The van der Waals surface area contributed by atoms with Crippen LogP contribution in [0.25, 0.3) is 6.08 Å². The Hall–Kier alpha value is -2.30. The number of aromatic carboxylic acids is 1. The van der Waals surface area contributed by atoms with E-state index in [0.29, 0.717) is 17.9 Å². The number of esters is 1. The summed E-state index contributed by atoms with van der Waals surface area (Å²) in [5.41, 5.74) is 0.636. The summed E-state index contributed by atoms with van der Waals surface area (Å²) in [5.74, 6) is -0.918. The zero-order chi connectivity index (χ0) is 14.3. The fourth-order valence-electron chi connectivity index (χ4n) is 1.49. The van der Waals surface area contributed by atoms with E-state index in [2.05, 4.69) is 0 Å². The van der Waals surface area contributed by atoms with Gasteiger partial charge in [0.2, 0.25) is 0 Å². The molecule has 0 saturated carbocycles.